The molecule has 2 rings (SSSR count). The molecule has 0 aliphatic rings. The molecule has 4 heteroatoms. The van der Waals surface area contributed by atoms with E-state index in [9.17, 15) is 5.11 Å². The van der Waals surface area contributed by atoms with E-state index in [-0.39, 0.29) is 5.92 Å². The SMILES string of the molecule is CC(C)CCSc1ccc(C(C)C(O)Cn2ccnc2)cc1. The Kier molecular flexibility index (Phi) is 6.52. The van der Waals surface area contributed by atoms with Crippen molar-refractivity contribution in [3.63, 3.8) is 0 Å². The van der Waals surface area contributed by atoms with E-state index in [0.29, 0.717) is 6.54 Å². The van der Waals surface area contributed by atoms with Crippen molar-refractivity contribution in [2.75, 3.05) is 5.75 Å². The summed E-state index contributed by atoms with van der Waals surface area (Å²) in [5, 5.41) is 10.4. The maximum absolute atomic E-state index is 10.4. The van der Waals surface area contributed by atoms with Crippen LogP contribution in [0, 0.1) is 5.92 Å². The quantitative estimate of drug-likeness (QED) is 0.742. The predicted octanol–water partition coefficient (Wildman–Crippen LogP) is 4.19. The lowest BCUT2D eigenvalue weighted by Gasteiger charge is -2.20. The second kappa shape index (κ2) is 8.39. The summed E-state index contributed by atoms with van der Waals surface area (Å²) < 4.78 is 1.91. The molecule has 2 unspecified atom stereocenters. The first kappa shape index (κ1) is 17.1. The Hall–Kier alpha value is -1.26. The van der Waals surface area contributed by atoms with Gasteiger partial charge in [0.25, 0.3) is 0 Å². The molecule has 0 fully saturated rings. The lowest BCUT2D eigenvalue weighted by atomic mass is 9.95. The molecule has 1 N–H and O–H groups in total. The van der Waals surface area contributed by atoms with Gasteiger partial charge in [-0.05, 0) is 35.8 Å². The van der Waals surface area contributed by atoms with Crippen LogP contribution in [-0.2, 0) is 6.54 Å². The first-order chi connectivity index (χ1) is 10.6. The molecule has 0 aliphatic heterocycles. The monoisotopic (exact) mass is 318 g/mol. The highest BCUT2D eigenvalue weighted by atomic mass is 32.2. The van der Waals surface area contributed by atoms with Crippen molar-refractivity contribution in [3.8, 4) is 0 Å². The zero-order valence-electron chi connectivity index (χ0n) is 13.6. The lowest BCUT2D eigenvalue weighted by Crippen LogP contribution is -2.21. The van der Waals surface area contributed by atoms with Crippen molar-refractivity contribution in [2.45, 2.75) is 50.7 Å². The van der Waals surface area contributed by atoms with Crippen LogP contribution >= 0.6 is 11.8 Å². The number of nitrogens with zero attached hydrogens (tertiary/aromatic N) is 2. The van der Waals surface area contributed by atoms with Crippen LogP contribution in [0.4, 0.5) is 0 Å². The summed E-state index contributed by atoms with van der Waals surface area (Å²) in [4.78, 5) is 5.32. The highest BCUT2D eigenvalue weighted by Crippen LogP contribution is 2.25. The summed E-state index contributed by atoms with van der Waals surface area (Å²) in [6, 6.07) is 8.61. The number of aliphatic hydroxyl groups excluding tert-OH is 1. The van der Waals surface area contributed by atoms with Crippen LogP contribution in [0.2, 0.25) is 0 Å². The van der Waals surface area contributed by atoms with Gasteiger partial charge in [0.2, 0.25) is 0 Å². The summed E-state index contributed by atoms with van der Waals surface area (Å²) in [5.41, 5.74) is 1.18. The summed E-state index contributed by atoms with van der Waals surface area (Å²) in [5.74, 6) is 2.03. The molecule has 2 atom stereocenters. The van der Waals surface area contributed by atoms with Crippen LogP contribution in [0.15, 0.2) is 47.9 Å². The van der Waals surface area contributed by atoms with Crippen LogP contribution in [0.1, 0.15) is 38.7 Å². The highest BCUT2D eigenvalue weighted by Gasteiger charge is 2.16. The van der Waals surface area contributed by atoms with E-state index in [1.807, 2.05) is 22.5 Å². The number of thioether (sulfide) groups is 1. The first-order valence-corrected chi connectivity index (χ1v) is 8.91. The molecular formula is C18H26N2OS. The summed E-state index contributed by atoms with van der Waals surface area (Å²) in [6.07, 6.45) is 6.19. The lowest BCUT2D eigenvalue weighted by molar-refractivity contribution is 0.129. The van der Waals surface area contributed by atoms with Crippen LogP contribution in [0.5, 0.6) is 0 Å². The summed E-state index contributed by atoms with van der Waals surface area (Å²) in [7, 11) is 0. The third-order valence-electron chi connectivity index (χ3n) is 3.90. The summed E-state index contributed by atoms with van der Waals surface area (Å²) >= 11 is 1.91. The smallest absolute Gasteiger partial charge is 0.0946 e. The topological polar surface area (TPSA) is 38.0 Å². The fourth-order valence-corrected chi connectivity index (χ4v) is 3.42. The van der Waals surface area contributed by atoms with Crippen LogP contribution in [0.25, 0.3) is 0 Å². The Morgan fingerprint density at radius 1 is 1.18 bits per heavy atom. The van der Waals surface area contributed by atoms with Gasteiger partial charge >= 0.3 is 0 Å². The molecular weight excluding hydrogens is 292 g/mol. The molecule has 0 saturated carbocycles. The van der Waals surface area contributed by atoms with Gasteiger partial charge in [-0.1, -0.05) is 32.9 Å². The second-order valence-corrected chi connectivity index (χ2v) is 7.38. The zero-order valence-corrected chi connectivity index (χ0v) is 14.5. The zero-order chi connectivity index (χ0) is 15.9. The molecule has 2 aromatic rings. The number of imidazole rings is 1. The van der Waals surface area contributed by atoms with Crippen molar-refractivity contribution in [1.29, 1.82) is 0 Å². The molecule has 120 valence electrons. The molecule has 0 amide bonds. The van der Waals surface area contributed by atoms with Gasteiger partial charge in [-0.3, -0.25) is 0 Å². The van der Waals surface area contributed by atoms with Gasteiger partial charge < -0.3 is 9.67 Å². The van der Waals surface area contributed by atoms with Crippen LogP contribution in [0.3, 0.4) is 0 Å². The van der Waals surface area contributed by atoms with E-state index in [0.717, 1.165) is 11.7 Å². The Bertz CT molecular complexity index is 537. The van der Waals surface area contributed by atoms with Gasteiger partial charge in [0.15, 0.2) is 0 Å². The van der Waals surface area contributed by atoms with Crippen molar-refractivity contribution in [1.82, 2.24) is 9.55 Å². The molecule has 1 aromatic heterocycles. The Morgan fingerprint density at radius 3 is 2.50 bits per heavy atom. The van der Waals surface area contributed by atoms with Gasteiger partial charge in [0.1, 0.15) is 0 Å². The largest absolute Gasteiger partial charge is 0.391 e. The molecule has 1 heterocycles. The number of hydrogen-bond acceptors (Lipinski definition) is 3. The van der Waals surface area contributed by atoms with E-state index in [1.54, 1.807) is 12.5 Å². The van der Waals surface area contributed by atoms with Gasteiger partial charge in [-0.2, -0.15) is 0 Å². The van der Waals surface area contributed by atoms with Gasteiger partial charge in [0, 0.05) is 23.2 Å². The summed E-state index contributed by atoms with van der Waals surface area (Å²) in [6.45, 7) is 7.16. The average molecular weight is 318 g/mol. The van der Waals surface area contributed by atoms with E-state index >= 15 is 0 Å². The van der Waals surface area contributed by atoms with Gasteiger partial charge in [-0.15, -0.1) is 11.8 Å². The molecule has 0 bridgehead atoms. The minimum atomic E-state index is -0.409. The van der Waals surface area contributed by atoms with Crippen molar-refractivity contribution < 1.29 is 5.11 Å². The normalized spacial score (nSPS) is 14.2. The number of rotatable bonds is 8. The number of aliphatic hydroxyl groups is 1. The average Bonchev–Trinajstić information content (AvgIpc) is 3.00. The third kappa shape index (κ3) is 5.18. The number of hydrogen-bond donors (Lipinski definition) is 1. The molecule has 0 aliphatic carbocycles. The minimum absolute atomic E-state index is 0.108. The van der Waals surface area contributed by atoms with Crippen molar-refractivity contribution in [2.24, 2.45) is 5.92 Å². The highest BCUT2D eigenvalue weighted by molar-refractivity contribution is 7.99. The van der Waals surface area contributed by atoms with E-state index in [1.165, 1.54) is 16.9 Å². The second-order valence-electron chi connectivity index (χ2n) is 6.22. The number of benzene rings is 1. The standard InChI is InChI=1S/C18H26N2OS/c1-14(2)8-11-22-17-6-4-16(5-7-17)15(3)18(21)12-20-10-9-19-13-20/h4-7,9-10,13-15,18,21H,8,11-12H2,1-3H3. The molecule has 0 spiro atoms. The fourth-order valence-electron chi connectivity index (χ4n) is 2.27. The van der Waals surface area contributed by atoms with Gasteiger partial charge in [0.05, 0.1) is 19.0 Å². The van der Waals surface area contributed by atoms with Gasteiger partial charge in [-0.25, -0.2) is 4.98 Å². The van der Waals surface area contributed by atoms with Crippen molar-refractivity contribution >= 4 is 11.8 Å². The van der Waals surface area contributed by atoms with Crippen LogP contribution < -0.4 is 0 Å². The van der Waals surface area contributed by atoms with E-state index in [4.69, 9.17) is 0 Å². The fraction of sp³-hybridized carbons (Fsp3) is 0.500. The predicted molar refractivity (Wildman–Crippen MR) is 93.3 cm³/mol. The Balaban J connectivity index is 1.88. The molecule has 0 radical (unpaired) electrons. The number of aromatic nitrogens is 2. The maximum atomic E-state index is 10.4. The third-order valence-corrected chi connectivity index (χ3v) is 4.95. The van der Waals surface area contributed by atoms with Crippen LogP contribution in [-0.4, -0.2) is 26.5 Å². The Morgan fingerprint density at radius 2 is 1.91 bits per heavy atom. The minimum Gasteiger partial charge on any atom is -0.391 e. The molecule has 1 aromatic carbocycles. The molecule has 22 heavy (non-hydrogen) atoms. The molecule has 0 saturated heterocycles. The van der Waals surface area contributed by atoms with Crippen molar-refractivity contribution in [3.05, 3.63) is 48.5 Å². The Labute approximate surface area is 137 Å². The maximum Gasteiger partial charge on any atom is 0.0946 e. The van der Waals surface area contributed by atoms with E-state index < -0.39 is 6.10 Å². The molecule has 3 nitrogen and oxygen atoms in total. The first-order valence-electron chi connectivity index (χ1n) is 7.93. The van der Waals surface area contributed by atoms with E-state index in [2.05, 4.69) is 50.0 Å².